The molecule has 0 bridgehead atoms. The number of carbonyl (C=O) groups excluding carboxylic acids is 3. The smallest absolute Gasteiger partial charge is 0.309 e. The fourth-order valence-corrected chi connectivity index (χ4v) is 2.14. The van der Waals surface area contributed by atoms with Gasteiger partial charge in [-0.15, -0.1) is 0 Å². The molecule has 0 spiro atoms. The Balaban J connectivity index is 2.45. The van der Waals surface area contributed by atoms with Gasteiger partial charge in [-0.1, -0.05) is 12.2 Å². The van der Waals surface area contributed by atoms with Crippen molar-refractivity contribution in [3.63, 3.8) is 0 Å². The normalized spacial score (nSPS) is 18.6. The van der Waals surface area contributed by atoms with Gasteiger partial charge >= 0.3 is 5.97 Å². The molecule has 1 rings (SSSR count). The van der Waals surface area contributed by atoms with Crippen LogP contribution in [-0.2, 0) is 23.9 Å². The van der Waals surface area contributed by atoms with Gasteiger partial charge in [0.25, 0.3) is 0 Å². The number of Topliss-reactive ketones (excluding diaryl/α,β-unsaturated/α-hetero) is 2. The Morgan fingerprint density at radius 2 is 1.91 bits per heavy atom. The van der Waals surface area contributed by atoms with E-state index in [9.17, 15) is 14.4 Å². The van der Waals surface area contributed by atoms with E-state index in [0.29, 0.717) is 12.0 Å². The fourth-order valence-electron chi connectivity index (χ4n) is 2.14. The first-order valence-corrected chi connectivity index (χ1v) is 7.36. The summed E-state index contributed by atoms with van der Waals surface area (Å²) >= 11 is 0. The van der Waals surface area contributed by atoms with E-state index in [0.717, 1.165) is 0 Å². The van der Waals surface area contributed by atoms with Gasteiger partial charge in [-0.05, 0) is 26.8 Å². The van der Waals surface area contributed by atoms with Crippen molar-refractivity contribution in [2.75, 3.05) is 7.11 Å². The predicted molar refractivity (Wildman–Crippen MR) is 82.3 cm³/mol. The minimum Gasteiger partial charge on any atom is -0.469 e. The molecule has 0 aromatic heterocycles. The van der Waals surface area contributed by atoms with Crippen LogP contribution in [0.5, 0.6) is 0 Å². The van der Waals surface area contributed by atoms with E-state index in [1.54, 1.807) is 18.2 Å². The molecule has 1 aliphatic carbocycles. The molecule has 5 nitrogen and oxygen atoms in total. The van der Waals surface area contributed by atoms with Crippen molar-refractivity contribution in [2.45, 2.75) is 58.2 Å². The maximum atomic E-state index is 11.9. The Labute approximate surface area is 131 Å². The second-order valence-electron chi connectivity index (χ2n) is 6.26. The van der Waals surface area contributed by atoms with Gasteiger partial charge in [-0.25, -0.2) is 0 Å². The van der Waals surface area contributed by atoms with Gasteiger partial charge in [-0.2, -0.15) is 0 Å². The number of allylic oxidation sites excluding steroid dienone is 2. The number of hydrogen-bond donors (Lipinski definition) is 0. The number of esters is 1. The van der Waals surface area contributed by atoms with E-state index in [1.165, 1.54) is 7.11 Å². The summed E-state index contributed by atoms with van der Waals surface area (Å²) < 4.78 is 10.2. The number of ketones is 2. The average molecular weight is 308 g/mol. The number of hydrogen-bond acceptors (Lipinski definition) is 5. The standard InChI is InChI=1S/C17H24O5/c1-17(2,3)22-14-10-12(15(19)11-14)9-13(18)7-5-6-8-16(20)21-4/h5-6,10,14H,7-9,11H2,1-4H3/b6-5+. The highest BCUT2D eigenvalue weighted by molar-refractivity contribution is 6.03. The number of methoxy groups -OCH3 is 1. The zero-order valence-electron chi connectivity index (χ0n) is 13.7. The van der Waals surface area contributed by atoms with Crippen molar-refractivity contribution in [3.8, 4) is 0 Å². The first-order chi connectivity index (χ1) is 10.2. The second kappa shape index (κ2) is 8.03. The van der Waals surface area contributed by atoms with Gasteiger partial charge in [0.2, 0.25) is 0 Å². The highest BCUT2D eigenvalue weighted by atomic mass is 16.5. The van der Waals surface area contributed by atoms with Gasteiger partial charge in [0, 0.05) is 24.8 Å². The van der Waals surface area contributed by atoms with Crippen molar-refractivity contribution in [1.82, 2.24) is 0 Å². The van der Waals surface area contributed by atoms with Crippen LogP contribution < -0.4 is 0 Å². The first-order valence-electron chi connectivity index (χ1n) is 7.36. The lowest BCUT2D eigenvalue weighted by molar-refractivity contribution is -0.139. The lowest BCUT2D eigenvalue weighted by atomic mass is 10.1. The van der Waals surface area contributed by atoms with Crippen molar-refractivity contribution >= 4 is 17.5 Å². The zero-order chi connectivity index (χ0) is 16.8. The average Bonchev–Trinajstić information content (AvgIpc) is 2.72. The maximum absolute atomic E-state index is 11.9. The lowest BCUT2D eigenvalue weighted by Crippen LogP contribution is -2.25. The first kappa shape index (κ1) is 18.3. The summed E-state index contributed by atoms with van der Waals surface area (Å²) in [5.74, 6) is -0.433. The molecule has 1 unspecified atom stereocenters. The Bertz CT molecular complexity index is 494. The molecule has 5 heteroatoms. The molecule has 0 amide bonds. The third-order valence-electron chi connectivity index (χ3n) is 3.05. The fraction of sp³-hybridized carbons (Fsp3) is 0.588. The summed E-state index contributed by atoms with van der Waals surface area (Å²) in [6.07, 6.45) is 5.50. The third-order valence-corrected chi connectivity index (χ3v) is 3.05. The van der Waals surface area contributed by atoms with Crippen molar-refractivity contribution in [3.05, 3.63) is 23.8 Å². The molecule has 0 aromatic rings. The van der Waals surface area contributed by atoms with E-state index < -0.39 is 0 Å². The lowest BCUT2D eigenvalue weighted by Gasteiger charge is -2.23. The van der Waals surface area contributed by atoms with Crippen LogP contribution in [0.3, 0.4) is 0 Å². The molecule has 0 radical (unpaired) electrons. The predicted octanol–water partition coefficient (Wildman–Crippen LogP) is 2.54. The molecule has 22 heavy (non-hydrogen) atoms. The van der Waals surface area contributed by atoms with Crippen molar-refractivity contribution < 1.29 is 23.9 Å². The molecular weight excluding hydrogens is 284 g/mol. The Kier molecular flexibility index (Phi) is 6.68. The molecule has 0 heterocycles. The van der Waals surface area contributed by atoms with Crippen molar-refractivity contribution in [2.24, 2.45) is 0 Å². The minimum atomic E-state index is -0.348. The summed E-state index contributed by atoms with van der Waals surface area (Å²) in [6, 6.07) is 0. The molecule has 1 aliphatic rings. The molecule has 0 aliphatic heterocycles. The van der Waals surface area contributed by atoms with Crippen LogP contribution in [0.2, 0.25) is 0 Å². The summed E-state index contributed by atoms with van der Waals surface area (Å²) in [4.78, 5) is 34.6. The van der Waals surface area contributed by atoms with Gasteiger partial charge in [0.1, 0.15) is 5.78 Å². The van der Waals surface area contributed by atoms with Crippen LogP contribution in [0.4, 0.5) is 0 Å². The van der Waals surface area contributed by atoms with Crippen LogP contribution in [0.1, 0.15) is 46.5 Å². The van der Waals surface area contributed by atoms with Crippen LogP contribution >= 0.6 is 0 Å². The summed E-state index contributed by atoms with van der Waals surface area (Å²) in [5, 5.41) is 0. The van der Waals surface area contributed by atoms with Crippen LogP contribution in [0.15, 0.2) is 23.8 Å². The van der Waals surface area contributed by atoms with Gasteiger partial charge in [0.05, 0.1) is 25.2 Å². The molecular formula is C17H24O5. The summed E-state index contributed by atoms with van der Waals surface area (Å²) in [5.41, 5.74) is 0.206. The van der Waals surface area contributed by atoms with Crippen LogP contribution in [0.25, 0.3) is 0 Å². The second-order valence-corrected chi connectivity index (χ2v) is 6.26. The Hall–Kier alpha value is -1.75. The molecule has 0 aromatic carbocycles. The highest BCUT2D eigenvalue weighted by Crippen LogP contribution is 2.24. The van der Waals surface area contributed by atoms with Gasteiger partial charge in [-0.3, -0.25) is 14.4 Å². The number of rotatable bonds is 7. The molecule has 0 fully saturated rings. The van der Waals surface area contributed by atoms with Gasteiger partial charge < -0.3 is 9.47 Å². The maximum Gasteiger partial charge on any atom is 0.309 e. The Morgan fingerprint density at radius 1 is 1.27 bits per heavy atom. The largest absolute Gasteiger partial charge is 0.469 e. The minimum absolute atomic E-state index is 0.0267. The zero-order valence-corrected chi connectivity index (χ0v) is 13.7. The molecule has 122 valence electrons. The SMILES string of the molecule is COC(=O)C/C=C/CC(=O)CC1=CC(OC(C)(C)C)CC1=O. The molecule has 0 saturated heterocycles. The van der Waals surface area contributed by atoms with Crippen molar-refractivity contribution in [1.29, 1.82) is 0 Å². The van der Waals surface area contributed by atoms with E-state index in [2.05, 4.69) is 4.74 Å². The molecule has 0 N–H and O–H groups in total. The molecule has 1 atom stereocenters. The monoisotopic (exact) mass is 308 g/mol. The van der Waals surface area contributed by atoms with E-state index in [4.69, 9.17) is 4.74 Å². The number of carbonyl (C=O) groups is 3. The summed E-state index contributed by atoms with van der Waals surface area (Å²) in [7, 11) is 1.32. The molecule has 0 saturated carbocycles. The van der Waals surface area contributed by atoms with E-state index >= 15 is 0 Å². The van der Waals surface area contributed by atoms with E-state index in [-0.39, 0.29) is 48.5 Å². The Morgan fingerprint density at radius 3 is 2.50 bits per heavy atom. The van der Waals surface area contributed by atoms with Gasteiger partial charge in [0.15, 0.2) is 5.78 Å². The summed E-state index contributed by atoms with van der Waals surface area (Å²) in [6.45, 7) is 5.79. The van der Waals surface area contributed by atoms with Crippen LogP contribution in [-0.4, -0.2) is 36.4 Å². The highest BCUT2D eigenvalue weighted by Gasteiger charge is 2.28. The topological polar surface area (TPSA) is 69.7 Å². The third kappa shape index (κ3) is 6.80. The quantitative estimate of drug-likeness (QED) is 0.534. The number of ether oxygens (including phenoxy) is 2. The van der Waals surface area contributed by atoms with E-state index in [1.807, 2.05) is 20.8 Å². The van der Waals surface area contributed by atoms with Crippen LogP contribution in [0, 0.1) is 0 Å².